The molecule has 34 heavy (non-hydrogen) atoms. The van der Waals surface area contributed by atoms with Crippen LogP contribution in [0.5, 0.6) is 0 Å². The Morgan fingerprint density at radius 1 is 0.853 bits per heavy atom. The molecular weight excluding hydrogens is 448 g/mol. The van der Waals surface area contributed by atoms with E-state index in [-0.39, 0.29) is 11.3 Å². The summed E-state index contributed by atoms with van der Waals surface area (Å²) < 4.78 is 3.42. The molecule has 1 aromatic heterocycles. The quantitative estimate of drug-likeness (QED) is 0.328. The molecule has 6 heteroatoms. The number of hydrogen-bond donors (Lipinski definition) is 1. The van der Waals surface area contributed by atoms with Crippen molar-refractivity contribution in [3.8, 4) is 11.1 Å². The third-order valence-corrected chi connectivity index (χ3v) is 6.40. The molecule has 0 bridgehead atoms. The number of hydrogen-bond acceptors (Lipinski definition) is 2. The first-order chi connectivity index (χ1) is 16.5. The molecule has 0 amide bonds. The molecule has 0 radical (unpaired) electrons. The first-order valence-electron chi connectivity index (χ1n) is 11.4. The second-order valence-corrected chi connectivity index (χ2v) is 8.65. The van der Waals surface area contributed by atoms with Crippen LogP contribution < -0.4 is 5.69 Å². The van der Waals surface area contributed by atoms with Crippen molar-refractivity contribution < 1.29 is 9.90 Å². The summed E-state index contributed by atoms with van der Waals surface area (Å²) in [5, 5.41) is 9.99. The number of carboxylic acid groups (broad SMARTS) is 1. The molecule has 5 nitrogen and oxygen atoms in total. The van der Waals surface area contributed by atoms with E-state index >= 15 is 0 Å². The van der Waals surface area contributed by atoms with Crippen molar-refractivity contribution in [1.29, 1.82) is 0 Å². The third kappa shape index (κ3) is 5.00. The lowest BCUT2D eigenvalue weighted by atomic mass is 9.99. The van der Waals surface area contributed by atoms with Gasteiger partial charge in [-0.05, 0) is 41.2 Å². The van der Waals surface area contributed by atoms with E-state index in [4.69, 9.17) is 11.6 Å². The van der Waals surface area contributed by atoms with Gasteiger partial charge in [0.1, 0.15) is 5.15 Å². The summed E-state index contributed by atoms with van der Waals surface area (Å²) in [6, 6.07) is 24.7. The van der Waals surface area contributed by atoms with Crippen LogP contribution in [0.15, 0.2) is 83.7 Å². The molecule has 0 atom stereocenters. The first-order valence-corrected chi connectivity index (χ1v) is 11.8. The Morgan fingerprint density at radius 3 is 2.21 bits per heavy atom. The lowest BCUT2D eigenvalue weighted by molar-refractivity contribution is 0.0697. The van der Waals surface area contributed by atoms with E-state index in [1.807, 2.05) is 60.7 Å². The zero-order valence-electron chi connectivity index (χ0n) is 19.1. The summed E-state index contributed by atoms with van der Waals surface area (Å²) in [5.41, 5.74) is 4.60. The SMILES string of the molecule is CCCc1c(Cl)n(CCc2ccccc2)c(=O)n1Cc1ccc(-c2ccccc2C(=O)O)cc1. The van der Waals surface area contributed by atoms with Gasteiger partial charge in [-0.3, -0.25) is 9.13 Å². The maximum Gasteiger partial charge on any atom is 0.336 e. The number of aryl methyl sites for hydroxylation is 1. The highest BCUT2D eigenvalue weighted by molar-refractivity contribution is 6.30. The van der Waals surface area contributed by atoms with Crippen molar-refractivity contribution in [2.24, 2.45) is 0 Å². The van der Waals surface area contributed by atoms with Gasteiger partial charge in [-0.2, -0.15) is 0 Å². The van der Waals surface area contributed by atoms with Gasteiger partial charge in [-0.15, -0.1) is 0 Å². The third-order valence-electron chi connectivity index (χ3n) is 5.98. The Bertz CT molecular complexity index is 1340. The van der Waals surface area contributed by atoms with E-state index in [2.05, 4.69) is 6.92 Å². The molecule has 0 aliphatic carbocycles. The minimum absolute atomic E-state index is 0.107. The summed E-state index contributed by atoms with van der Waals surface area (Å²) >= 11 is 6.68. The van der Waals surface area contributed by atoms with Gasteiger partial charge in [-0.25, -0.2) is 9.59 Å². The fourth-order valence-corrected chi connectivity index (χ4v) is 4.58. The molecule has 0 spiro atoms. The fraction of sp³-hybridized carbons (Fsp3) is 0.214. The van der Waals surface area contributed by atoms with Crippen molar-refractivity contribution in [3.05, 3.63) is 117 Å². The summed E-state index contributed by atoms with van der Waals surface area (Å²) in [7, 11) is 0. The Kier molecular flexibility index (Phi) is 7.33. The van der Waals surface area contributed by atoms with Crippen LogP contribution in [0.4, 0.5) is 0 Å². The van der Waals surface area contributed by atoms with Crippen molar-refractivity contribution in [3.63, 3.8) is 0 Å². The van der Waals surface area contributed by atoms with Crippen molar-refractivity contribution in [2.75, 3.05) is 0 Å². The van der Waals surface area contributed by atoms with E-state index in [0.29, 0.717) is 23.8 Å². The number of imidazole rings is 1. The van der Waals surface area contributed by atoms with E-state index in [1.165, 1.54) is 0 Å². The molecule has 0 unspecified atom stereocenters. The summed E-state index contributed by atoms with van der Waals surface area (Å²) in [6.45, 7) is 3.00. The second kappa shape index (κ2) is 10.6. The highest BCUT2D eigenvalue weighted by atomic mass is 35.5. The van der Waals surface area contributed by atoms with Crippen LogP contribution >= 0.6 is 11.6 Å². The summed E-state index contributed by atoms with van der Waals surface area (Å²) in [5.74, 6) is -0.957. The largest absolute Gasteiger partial charge is 0.478 e. The molecule has 4 aromatic rings. The summed E-state index contributed by atoms with van der Waals surface area (Å²) in [6.07, 6.45) is 2.33. The van der Waals surface area contributed by atoms with Crippen molar-refractivity contribution >= 4 is 17.6 Å². The van der Waals surface area contributed by atoms with Gasteiger partial charge >= 0.3 is 11.7 Å². The Balaban J connectivity index is 1.61. The van der Waals surface area contributed by atoms with Gasteiger partial charge in [0.05, 0.1) is 17.8 Å². The molecule has 0 saturated carbocycles. The van der Waals surface area contributed by atoms with Crippen LogP contribution in [0.3, 0.4) is 0 Å². The van der Waals surface area contributed by atoms with Gasteiger partial charge < -0.3 is 5.11 Å². The van der Waals surface area contributed by atoms with Crippen LogP contribution in [0.25, 0.3) is 11.1 Å². The Hall–Kier alpha value is -3.57. The molecular formula is C28H27ClN2O3. The highest BCUT2D eigenvalue weighted by Gasteiger charge is 2.18. The molecule has 1 heterocycles. The zero-order valence-corrected chi connectivity index (χ0v) is 19.8. The molecule has 0 saturated heterocycles. The van der Waals surface area contributed by atoms with E-state index < -0.39 is 5.97 Å². The highest BCUT2D eigenvalue weighted by Crippen LogP contribution is 2.25. The lowest BCUT2D eigenvalue weighted by Crippen LogP contribution is -2.26. The van der Waals surface area contributed by atoms with E-state index in [0.717, 1.165) is 41.6 Å². The van der Waals surface area contributed by atoms with Gasteiger partial charge in [0, 0.05) is 6.54 Å². The average molecular weight is 475 g/mol. The smallest absolute Gasteiger partial charge is 0.336 e. The number of aromatic carboxylic acids is 1. The van der Waals surface area contributed by atoms with E-state index in [9.17, 15) is 14.7 Å². The van der Waals surface area contributed by atoms with Crippen molar-refractivity contribution in [1.82, 2.24) is 9.13 Å². The number of rotatable bonds is 9. The maximum atomic E-state index is 13.3. The van der Waals surface area contributed by atoms with Crippen LogP contribution in [-0.4, -0.2) is 20.2 Å². The minimum atomic E-state index is -0.957. The average Bonchev–Trinajstić information content (AvgIpc) is 3.07. The van der Waals surface area contributed by atoms with E-state index in [1.54, 1.807) is 27.3 Å². The molecule has 174 valence electrons. The van der Waals surface area contributed by atoms with Crippen molar-refractivity contribution in [2.45, 2.75) is 39.3 Å². The van der Waals surface area contributed by atoms with Gasteiger partial charge in [0.2, 0.25) is 0 Å². The van der Waals surface area contributed by atoms with Gasteiger partial charge in [-0.1, -0.05) is 97.7 Å². The molecule has 3 aromatic carbocycles. The van der Waals surface area contributed by atoms with Gasteiger partial charge in [0.25, 0.3) is 0 Å². The number of benzene rings is 3. The molecule has 4 rings (SSSR count). The zero-order chi connectivity index (χ0) is 24.1. The number of halogens is 1. The predicted octanol–water partition coefficient (Wildman–Crippen LogP) is 5.91. The number of carbonyl (C=O) groups is 1. The van der Waals surface area contributed by atoms with Crippen LogP contribution in [0.1, 0.15) is 40.5 Å². The number of nitrogens with zero attached hydrogens (tertiary/aromatic N) is 2. The fourth-order valence-electron chi connectivity index (χ4n) is 4.22. The first kappa shape index (κ1) is 23.6. The van der Waals surface area contributed by atoms with Crippen LogP contribution in [0.2, 0.25) is 5.15 Å². The molecule has 0 aliphatic heterocycles. The van der Waals surface area contributed by atoms with Crippen LogP contribution in [0, 0.1) is 0 Å². The molecule has 0 aliphatic rings. The molecule has 1 N–H and O–H groups in total. The normalized spacial score (nSPS) is 11.0. The lowest BCUT2D eigenvalue weighted by Gasteiger charge is -2.09. The predicted molar refractivity (Wildman–Crippen MR) is 136 cm³/mol. The molecule has 0 fully saturated rings. The standard InChI is InChI=1S/C28H27ClN2O3/c1-2-8-25-26(29)30(18-17-20-9-4-3-5-10-20)28(34)31(25)19-21-13-15-22(16-14-21)23-11-6-7-12-24(23)27(32)33/h3-7,9-16H,2,8,17-19H2,1H3,(H,32,33). The Labute approximate surface area is 203 Å². The second-order valence-electron chi connectivity index (χ2n) is 8.29. The minimum Gasteiger partial charge on any atom is -0.478 e. The maximum absolute atomic E-state index is 13.3. The monoisotopic (exact) mass is 474 g/mol. The number of carboxylic acids is 1. The van der Waals surface area contributed by atoms with Crippen LogP contribution in [-0.2, 0) is 25.9 Å². The van der Waals surface area contributed by atoms with Gasteiger partial charge in [0.15, 0.2) is 0 Å². The summed E-state index contributed by atoms with van der Waals surface area (Å²) in [4.78, 5) is 24.9. The Morgan fingerprint density at radius 2 is 1.53 bits per heavy atom. The topological polar surface area (TPSA) is 64.2 Å². The number of aromatic nitrogens is 2.